The van der Waals surface area contributed by atoms with Crippen LogP contribution in [0.15, 0.2) is 34.5 Å². The van der Waals surface area contributed by atoms with Gasteiger partial charge in [-0.2, -0.15) is 0 Å². The van der Waals surface area contributed by atoms with Crippen molar-refractivity contribution < 1.29 is 9.59 Å². The van der Waals surface area contributed by atoms with Crippen LogP contribution in [-0.2, 0) is 10.5 Å². The molecule has 144 valence electrons. The van der Waals surface area contributed by atoms with Gasteiger partial charge in [-0.25, -0.2) is 4.98 Å². The summed E-state index contributed by atoms with van der Waals surface area (Å²) in [4.78, 5) is 33.7. The molecule has 8 heteroatoms. The summed E-state index contributed by atoms with van der Waals surface area (Å²) < 4.78 is 0. The van der Waals surface area contributed by atoms with E-state index in [4.69, 9.17) is 0 Å². The predicted octanol–water partition coefficient (Wildman–Crippen LogP) is 2.25. The summed E-state index contributed by atoms with van der Waals surface area (Å²) in [7, 11) is 1.64. The molecule has 2 aromatic rings. The number of carbonyl (C=O) groups is 2. The third kappa shape index (κ3) is 5.54. The molecule has 1 fully saturated rings. The molecule has 0 radical (unpaired) electrons. The highest BCUT2D eigenvalue weighted by Crippen LogP contribution is 2.24. The summed E-state index contributed by atoms with van der Waals surface area (Å²) in [5.74, 6) is 0.905. The van der Waals surface area contributed by atoms with Gasteiger partial charge in [0.1, 0.15) is 0 Å². The lowest BCUT2D eigenvalue weighted by Gasteiger charge is -2.34. The predicted molar refractivity (Wildman–Crippen MR) is 109 cm³/mol. The molecule has 2 heterocycles. The lowest BCUT2D eigenvalue weighted by Crippen LogP contribution is -2.50. The zero-order chi connectivity index (χ0) is 19.2. The quantitative estimate of drug-likeness (QED) is 0.748. The Bertz CT molecular complexity index is 783. The van der Waals surface area contributed by atoms with E-state index in [0.717, 1.165) is 34.4 Å². The van der Waals surface area contributed by atoms with Crippen molar-refractivity contribution in [1.29, 1.82) is 0 Å². The van der Waals surface area contributed by atoms with Crippen molar-refractivity contribution in [1.82, 2.24) is 20.1 Å². The standard InChI is InChI=1S/C19H24N4O2S2/c1-14-21-16(12-26-14)13-27-17-5-3-15(4-6-17)19(25)23-9-7-22(8-10-23)11-18(24)20-2/h3-6,12H,7-11,13H2,1-2H3,(H,20,24). The first-order chi connectivity index (χ1) is 13.0. The van der Waals surface area contributed by atoms with Gasteiger partial charge in [-0.15, -0.1) is 23.1 Å². The maximum absolute atomic E-state index is 12.7. The van der Waals surface area contributed by atoms with Gasteiger partial charge < -0.3 is 10.2 Å². The molecule has 0 saturated carbocycles. The van der Waals surface area contributed by atoms with Gasteiger partial charge >= 0.3 is 0 Å². The minimum Gasteiger partial charge on any atom is -0.358 e. The van der Waals surface area contributed by atoms with Crippen LogP contribution in [0.4, 0.5) is 0 Å². The van der Waals surface area contributed by atoms with E-state index < -0.39 is 0 Å². The van der Waals surface area contributed by atoms with Crippen LogP contribution in [0.1, 0.15) is 21.1 Å². The number of thioether (sulfide) groups is 1. The van der Waals surface area contributed by atoms with Gasteiger partial charge in [-0.1, -0.05) is 0 Å². The lowest BCUT2D eigenvalue weighted by molar-refractivity contribution is -0.122. The van der Waals surface area contributed by atoms with Crippen molar-refractivity contribution >= 4 is 34.9 Å². The van der Waals surface area contributed by atoms with E-state index in [9.17, 15) is 9.59 Å². The van der Waals surface area contributed by atoms with Crippen molar-refractivity contribution in [2.24, 2.45) is 0 Å². The van der Waals surface area contributed by atoms with Crippen molar-refractivity contribution in [3.8, 4) is 0 Å². The molecule has 1 saturated heterocycles. The number of hydrogen-bond acceptors (Lipinski definition) is 6. The first-order valence-electron chi connectivity index (χ1n) is 8.91. The van der Waals surface area contributed by atoms with E-state index in [2.05, 4.69) is 20.6 Å². The molecule has 0 atom stereocenters. The highest BCUT2D eigenvalue weighted by Gasteiger charge is 2.23. The van der Waals surface area contributed by atoms with Crippen molar-refractivity contribution in [2.45, 2.75) is 17.6 Å². The van der Waals surface area contributed by atoms with Gasteiger partial charge in [0.05, 0.1) is 17.2 Å². The molecule has 1 aromatic carbocycles. The van der Waals surface area contributed by atoms with Gasteiger partial charge in [0.2, 0.25) is 5.91 Å². The smallest absolute Gasteiger partial charge is 0.253 e. The Hall–Kier alpha value is -1.90. The fourth-order valence-electron chi connectivity index (χ4n) is 2.90. The van der Waals surface area contributed by atoms with E-state index in [1.54, 1.807) is 30.1 Å². The second-order valence-corrected chi connectivity index (χ2v) is 8.52. The number of piperazine rings is 1. The number of aryl methyl sites for hydroxylation is 1. The highest BCUT2D eigenvalue weighted by molar-refractivity contribution is 7.98. The average molecular weight is 405 g/mol. The van der Waals surface area contributed by atoms with Crippen LogP contribution in [0.25, 0.3) is 0 Å². The normalized spacial score (nSPS) is 15.0. The van der Waals surface area contributed by atoms with Crippen LogP contribution in [0.2, 0.25) is 0 Å². The minimum absolute atomic E-state index is 0.00989. The molecule has 27 heavy (non-hydrogen) atoms. The molecule has 0 bridgehead atoms. The van der Waals surface area contributed by atoms with Gasteiger partial charge in [0.25, 0.3) is 5.91 Å². The number of benzene rings is 1. The van der Waals surface area contributed by atoms with Crippen molar-refractivity contribution in [2.75, 3.05) is 39.8 Å². The SMILES string of the molecule is CNC(=O)CN1CCN(C(=O)c2ccc(SCc3csc(C)n3)cc2)CC1. The van der Waals surface area contributed by atoms with Crippen LogP contribution in [-0.4, -0.2) is 66.4 Å². The first kappa shape index (κ1) is 19.9. The molecular weight excluding hydrogens is 380 g/mol. The maximum atomic E-state index is 12.7. The van der Waals surface area contributed by atoms with E-state index in [1.807, 2.05) is 36.1 Å². The van der Waals surface area contributed by atoms with Crippen molar-refractivity contribution in [3.63, 3.8) is 0 Å². The third-order valence-electron chi connectivity index (χ3n) is 4.46. The summed E-state index contributed by atoms with van der Waals surface area (Å²) in [5.41, 5.74) is 1.81. The summed E-state index contributed by atoms with van der Waals surface area (Å²) in [6, 6.07) is 7.79. The third-order valence-corrected chi connectivity index (χ3v) is 6.33. The second kappa shape index (κ2) is 9.34. The fraction of sp³-hybridized carbons (Fsp3) is 0.421. The molecule has 1 aliphatic rings. The number of nitrogens with zero attached hydrogens (tertiary/aromatic N) is 3. The zero-order valence-corrected chi connectivity index (χ0v) is 17.2. The van der Waals surface area contributed by atoms with Crippen LogP contribution >= 0.6 is 23.1 Å². The van der Waals surface area contributed by atoms with Gasteiger partial charge in [0.15, 0.2) is 0 Å². The molecule has 6 nitrogen and oxygen atoms in total. The molecule has 0 unspecified atom stereocenters. The van der Waals surface area contributed by atoms with Gasteiger partial charge in [-0.3, -0.25) is 14.5 Å². The van der Waals surface area contributed by atoms with E-state index in [-0.39, 0.29) is 11.8 Å². The van der Waals surface area contributed by atoms with Gasteiger partial charge in [0, 0.05) is 54.8 Å². The maximum Gasteiger partial charge on any atom is 0.253 e. The number of rotatable bonds is 6. The zero-order valence-electron chi connectivity index (χ0n) is 15.6. The first-order valence-corrected chi connectivity index (χ1v) is 10.8. The largest absolute Gasteiger partial charge is 0.358 e. The number of thiazole rings is 1. The molecule has 3 rings (SSSR count). The Labute approximate surface area is 168 Å². The van der Waals surface area contributed by atoms with Crippen LogP contribution < -0.4 is 5.32 Å². The molecule has 0 spiro atoms. The number of hydrogen-bond donors (Lipinski definition) is 1. The summed E-state index contributed by atoms with van der Waals surface area (Å²) in [6.07, 6.45) is 0. The monoisotopic (exact) mass is 404 g/mol. The number of carbonyl (C=O) groups excluding carboxylic acids is 2. The van der Waals surface area contributed by atoms with Crippen LogP contribution in [0.3, 0.4) is 0 Å². The van der Waals surface area contributed by atoms with E-state index >= 15 is 0 Å². The Kier molecular flexibility index (Phi) is 6.87. The average Bonchev–Trinajstić information content (AvgIpc) is 3.12. The van der Waals surface area contributed by atoms with Crippen molar-refractivity contribution in [3.05, 3.63) is 45.9 Å². The molecule has 1 N–H and O–H groups in total. The summed E-state index contributed by atoms with van der Waals surface area (Å²) >= 11 is 3.39. The fourth-order valence-corrected chi connectivity index (χ4v) is 4.41. The minimum atomic E-state index is 0.00989. The Balaban J connectivity index is 1.49. The Morgan fingerprint density at radius 1 is 1.19 bits per heavy atom. The number of aromatic nitrogens is 1. The molecule has 2 amide bonds. The number of likely N-dealkylation sites (N-methyl/N-ethyl adjacent to an activating group) is 1. The molecular formula is C19H24N4O2S2. The van der Waals surface area contributed by atoms with Crippen LogP contribution in [0, 0.1) is 6.92 Å². The topological polar surface area (TPSA) is 65.5 Å². The van der Waals surface area contributed by atoms with Crippen LogP contribution in [0.5, 0.6) is 0 Å². The van der Waals surface area contributed by atoms with E-state index in [1.165, 1.54) is 0 Å². The Morgan fingerprint density at radius 2 is 1.89 bits per heavy atom. The van der Waals surface area contributed by atoms with E-state index in [0.29, 0.717) is 25.2 Å². The Morgan fingerprint density at radius 3 is 2.48 bits per heavy atom. The molecule has 1 aromatic heterocycles. The summed E-state index contributed by atoms with van der Waals surface area (Å²) in [6.45, 7) is 5.14. The summed E-state index contributed by atoms with van der Waals surface area (Å²) in [5, 5.41) is 5.81. The highest BCUT2D eigenvalue weighted by atomic mass is 32.2. The van der Waals surface area contributed by atoms with Gasteiger partial charge in [-0.05, 0) is 31.2 Å². The number of amides is 2. The second-order valence-electron chi connectivity index (χ2n) is 6.41. The molecule has 0 aliphatic carbocycles. The number of nitrogens with one attached hydrogen (secondary N) is 1. The molecule has 1 aliphatic heterocycles. The lowest BCUT2D eigenvalue weighted by atomic mass is 10.2.